The van der Waals surface area contributed by atoms with Crippen LogP contribution in [0.2, 0.25) is 0 Å². The maximum absolute atomic E-state index is 14.7. The van der Waals surface area contributed by atoms with Crippen LogP contribution in [0.3, 0.4) is 0 Å². The molecule has 2 heterocycles. The molecule has 5 aromatic rings. The quantitative estimate of drug-likeness (QED) is 0.208. The van der Waals surface area contributed by atoms with E-state index in [0.717, 1.165) is 32.7 Å². The highest BCUT2D eigenvalue weighted by atomic mass is 16.5. The molecule has 0 aliphatic carbocycles. The van der Waals surface area contributed by atoms with Gasteiger partial charge in [0, 0.05) is 12.2 Å². The number of rotatable bonds is 7. The second-order valence-electron chi connectivity index (χ2n) is 11.2. The zero-order valence-electron chi connectivity index (χ0n) is 25.1. The van der Waals surface area contributed by atoms with Gasteiger partial charge in [0.25, 0.3) is 0 Å². The summed E-state index contributed by atoms with van der Waals surface area (Å²) in [5.74, 6) is -1.80. The number of carbonyl (C=O) groups is 3. The molecule has 0 fully saturated rings. The summed E-state index contributed by atoms with van der Waals surface area (Å²) >= 11 is 0. The third kappa shape index (κ3) is 4.30. The molecule has 0 bridgehead atoms. The fourth-order valence-electron chi connectivity index (χ4n) is 7.18. The lowest BCUT2D eigenvalue weighted by atomic mass is 9.68. The van der Waals surface area contributed by atoms with Gasteiger partial charge in [0.05, 0.1) is 24.8 Å². The van der Waals surface area contributed by atoms with Crippen LogP contribution in [0.5, 0.6) is 0 Å². The summed E-state index contributed by atoms with van der Waals surface area (Å²) in [6.07, 6.45) is 0. The van der Waals surface area contributed by atoms with Crippen LogP contribution in [0.1, 0.15) is 36.6 Å². The Bertz CT molecular complexity index is 2020. The van der Waals surface area contributed by atoms with Crippen molar-refractivity contribution in [2.45, 2.75) is 31.8 Å². The first kappa shape index (κ1) is 28.3. The van der Waals surface area contributed by atoms with Gasteiger partial charge in [-0.25, -0.2) is 9.59 Å². The van der Waals surface area contributed by atoms with E-state index >= 15 is 0 Å². The van der Waals surface area contributed by atoms with Crippen LogP contribution in [0.25, 0.3) is 21.5 Å². The Morgan fingerprint density at radius 1 is 0.733 bits per heavy atom. The van der Waals surface area contributed by atoms with Crippen LogP contribution in [0, 0.1) is 0 Å². The van der Waals surface area contributed by atoms with Crippen molar-refractivity contribution in [1.29, 1.82) is 0 Å². The van der Waals surface area contributed by atoms with E-state index in [2.05, 4.69) is 5.32 Å². The molecule has 7 rings (SSSR count). The van der Waals surface area contributed by atoms with Crippen molar-refractivity contribution in [1.82, 2.24) is 4.90 Å². The monoisotopic (exact) mass is 596 g/mol. The van der Waals surface area contributed by atoms with Crippen LogP contribution in [-0.2, 0) is 35.8 Å². The fourth-order valence-corrected chi connectivity index (χ4v) is 7.18. The summed E-state index contributed by atoms with van der Waals surface area (Å²) < 4.78 is 11.3. The van der Waals surface area contributed by atoms with Crippen molar-refractivity contribution in [3.05, 3.63) is 137 Å². The van der Waals surface area contributed by atoms with Crippen molar-refractivity contribution >= 4 is 45.1 Å². The Morgan fingerprint density at radius 2 is 1.33 bits per heavy atom. The minimum absolute atomic E-state index is 0.0107. The van der Waals surface area contributed by atoms with Crippen LogP contribution in [0.4, 0.5) is 5.69 Å². The summed E-state index contributed by atoms with van der Waals surface area (Å²) in [6.45, 7) is 3.82. The Kier molecular flexibility index (Phi) is 7.09. The van der Waals surface area contributed by atoms with Gasteiger partial charge < -0.3 is 19.7 Å². The molecular formula is C38H32N2O5. The molecule has 0 aromatic heterocycles. The Balaban J connectivity index is 1.60. The van der Waals surface area contributed by atoms with Gasteiger partial charge in [0.2, 0.25) is 5.91 Å². The number of hydrogen-bond acceptors (Lipinski definition) is 6. The number of fused-ring (bicyclic) bond motifs is 4. The Hall–Kier alpha value is -5.43. The standard InChI is InChI=1S/C38H32N2O5/c1-3-44-35(41)32-33(36(42)45-4-2)40(23-26-17-11-15-24-13-5-7-18-27(24)26)34(29-20-12-16-25-14-6-8-19-28(25)29)38(32)30-21-9-10-22-31(30)39-37(38)43/h5-22,34H,3-4,23H2,1-2H3,(H,39,43). The average molecular weight is 597 g/mol. The lowest BCUT2D eigenvalue weighted by Gasteiger charge is -2.38. The van der Waals surface area contributed by atoms with Gasteiger partial charge in [0.15, 0.2) is 0 Å². The van der Waals surface area contributed by atoms with Gasteiger partial charge in [-0.3, -0.25) is 4.79 Å². The predicted octanol–water partition coefficient (Wildman–Crippen LogP) is 6.82. The molecule has 2 aliphatic rings. The van der Waals surface area contributed by atoms with Gasteiger partial charge in [-0.05, 0) is 58.1 Å². The molecule has 1 spiro atoms. The van der Waals surface area contributed by atoms with Gasteiger partial charge >= 0.3 is 11.9 Å². The second-order valence-corrected chi connectivity index (χ2v) is 11.2. The van der Waals surface area contributed by atoms with Crippen molar-refractivity contribution in [3.63, 3.8) is 0 Å². The van der Waals surface area contributed by atoms with E-state index in [1.165, 1.54) is 0 Å². The molecule has 224 valence electrons. The molecule has 0 radical (unpaired) electrons. The molecule has 2 aliphatic heterocycles. The molecule has 0 saturated heterocycles. The SMILES string of the molecule is CCOC(=O)C1=C(C(=O)OCC)C2(C(=O)Nc3ccccc32)C(c2cccc3ccccc23)N1Cc1cccc2ccccc12. The Labute approximate surface area is 261 Å². The molecule has 1 N–H and O–H groups in total. The van der Waals surface area contributed by atoms with Crippen LogP contribution >= 0.6 is 0 Å². The third-order valence-corrected chi connectivity index (χ3v) is 8.89. The summed E-state index contributed by atoms with van der Waals surface area (Å²) in [5, 5.41) is 6.99. The summed E-state index contributed by atoms with van der Waals surface area (Å²) in [6, 6.07) is 34.6. The smallest absolute Gasteiger partial charge is 0.355 e. The highest BCUT2D eigenvalue weighted by molar-refractivity contribution is 6.18. The van der Waals surface area contributed by atoms with E-state index in [9.17, 15) is 14.4 Å². The van der Waals surface area contributed by atoms with E-state index in [4.69, 9.17) is 9.47 Å². The number of esters is 2. The molecule has 5 aromatic carbocycles. The van der Waals surface area contributed by atoms with Crippen LogP contribution in [-0.4, -0.2) is 36.0 Å². The maximum atomic E-state index is 14.7. The summed E-state index contributed by atoms with van der Waals surface area (Å²) in [5.41, 5.74) is 1.35. The third-order valence-electron chi connectivity index (χ3n) is 8.89. The Morgan fingerprint density at radius 3 is 2.09 bits per heavy atom. The number of nitrogens with one attached hydrogen (secondary N) is 1. The highest BCUT2D eigenvalue weighted by Gasteiger charge is 2.66. The second kappa shape index (κ2) is 11.2. The topological polar surface area (TPSA) is 84.9 Å². The molecule has 0 saturated carbocycles. The molecule has 7 nitrogen and oxygen atoms in total. The maximum Gasteiger partial charge on any atom is 0.355 e. The number of benzene rings is 5. The molecule has 45 heavy (non-hydrogen) atoms. The van der Waals surface area contributed by atoms with Crippen LogP contribution in [0.15, 0.2) is 120 Å². The predicted molar refractivity (Wildman–Crippen MR) is 173 cm³/mol. The van der Waals surface area contributed by atoms with Gasteiger partial charge in [0.1, 0.15) is 11.1 Å². The zero-order chi connectivity index (χ0) is 31.1. The number of nitrogens with zero attached hydrogens (tertiary/aromatic N) is 1. The van der Waals surface area contributed by atoms with E-state index in [-0.39, 0.29) is 31.0 Å². The first-order chi connectivity index (χ1) is 22.0. The summed E-state index contributed by atoms with van der Waals surface area (Å²) in [7, 11) is 0. The van der Waals surface area contributed by atoms with E-state index in [0.29, 0.717) is 11.3 Å². The van der Waals surface area contributed by atoms with Gasteiger partial charge in [-0.2, -0.15) is 0 Å². The molecule has 7 heteroatoms. The summed E-state index contributed by atoms with van der Waals surface area (Å²) in [4.78, 5) is 45.0. The molecule has 2 unspecified atom stereocenters. The molecule has 1 amide bonds. The molecular weight excluding hydrogens is 564 g/mol. The van der Waals surface area contributed by atoms with Crippen molar-refractivity contribution in [3.8, 4) is 0 Å². The zero-order valence-corrected chi connectivity index (χ0v) is 25.1. The lowest BCUT2D eigenvalue weighted by molar-refractivity contribution is -0.143. The van der Waals surface area contributed by atoms with Crippen molar-refractivity contribution in [2.75, 3.05) is 18.5 Å². The first-order valence-electron chi connectivity index (χ1n) is 15.2. The van der Waals surface area contributed by atoms with E-state index < -0.39 is 29.3 Å². The average Bonchev–Trinajstić information content (AvgIpc) is 3.52. The number of hydrogen-bond donors (Lipinski definition) is 1. The number of anilines is 1. The largest absolute Gasteiger partial charge is 0.463 e. The van der Waals surface area contributed by atoms with E-state index in [1.54, 1.807) is 13.8 Å². The fraction of sp³-hybridized carbons (Fsp3) is 0.184. The number of para-hydroxylation sites is 1. The van der Waals surface area contributed by atoms with Crippen molar-refractivity contribution in [2.24, 2.45) is 0 Å². The van der Waals surface area contributed by atoms with Gasteiger partial charge in [-0.1, -0.05) is 103 Å². The number of carbonyl (C=O) groups excluding carboxylic acids is 3. The number of amides is 1. The first-order valence-corrected chi connectivity index (χ1v) is 15.2. The molecule has 2 atom stereocenters. The van der Waals surface area contributed by atoms with Crippen molar-refractivity contribution < 1.29 is 23.9 Å². The highest BCUT2D eigenvalue weighted by Crippen LogP contribution is 2.60. The van der Waals surface area contributed by atoms with Gasteiger partial charge in [-0.15, -0.1) is 0 Å². The minimum Gasteiger partial charge on any atom is -0.463 e. The normalized spacial score (nSPS) is 18.8. The minimum atomic E-state index is -1.61. The van der Waals surface area contributed by atoms with Crippen LogP contribution < -0.4 is 5.32 Å². The van der Waals surface area contributed by atoms with E-state index in [1.807, 2.05) is 114 Å². The number of ether oxygens (including phenoxy) is 2. The lowest BCUT2D eigenvalue weighted by Crippen LogP contribution is -2.45.